The van der Waals surface area contributed by atoms with Crippen molar-refractivity contribution in [1.29, 1.82) is 0 Å². The summed E-state index contributed by atoms with van der Waals surface area (Å²) in [6.45, 7) is 7.79. The van der Waals surface area contributed by atoms with Crippen LogP contribution in [0.2, 0.25) is 0 Å². The van der Waals surface area contributed by atoms with E-state index >= 15 is 0 Å². The largest absolute Gasteiger partial charge is 0.357 e. The Labute approximate surface area is 152 Å². The Kier molecular flexibility index (Phi) is 7.72. The zero-order valence-corrected chi connectivity index (χ0v) is 16.8. The van der Waals surface area contributed by atoms with Crippen LogP contribution in [-0.4, -0.2) is 35.6 Å². The monoisotopic (exact) mass is 418 g/mol. The predicted octanol–water partition coefficient (Wildman–Crippen LogP) is 3.62. The quantitative estimate of drug-likeness (QED) is 0.460. The lowest BCUT2D eigenvalue weighted by atomic mass is 9.78. The van der Waals surface area contributed by atoms with Crippen LogP contribution in [0.4, 0.5) is 0 Å². The second kappa shape index (κ2) is 8.79. The van der Waals surface area contributed by atoms with Crippen molar-refractivity contribution in [2.75, 3.05) is 20.1 Å². The van der Waals surface area contributed by atoms with Crippen molar-refractivity contribution in [2.45, 2.75) is 46.1 Å². The number of halogens is 1. The number of rotatable bonds is 4. The molecule has 0 saturated carbocycles. The number of piperidine rings is 1. The van der Waals surface area contributed by atoms with E-state index in [2.05, 4.69) is 59.1 Å². The van der Waals surface area contributed by atoms with Gasteiger partial charge in [-0.3, -0.25) is 4.99 Å². The molecule has 0 aliphatic carbocycles. The van der Waals surface area contributed by atoms with Crippen LogP contribution in [0.15, 0.2) is 23.5 Å². The zero-order valence-electron chi connectivity index (χ0n) is 14.4. The highest BCUT2D eigenvalue weighted by atomic mass is 127. The van der Waals surface area contributed by atoms with Gasteiger partial charge in [0.15, 0.2) is 5.96 Å². The summed E-state index contributed by atoms with van der Waals surface area (Å²) < 4.78 is 2.08. The summed E-state index contributed by atoms with van der Waals surface area (Å²) in [4.78, 5) is 6.92. The molecule has 2 rings (SSSR count). The van der Waals surface area contributed by atoms with E-state index in [1.54, 1.807) is 0 Å². The molecule has 1 saturated heterocycles. The molecule has 126 valence electrons. The van der Waals surface area contributed by atoms with E-state index < -0.39 is 0 Å². The van der Waals surface area contributed by atoms with Crippen molar-refractivity contribution in [3.63, 3.8) is 0 Å². The number of hydrogen-bond donors (Lipinski definition) is 1. The molecular weight excluding hydrogens is 387 g/mol. The molecule has 1 unspecified atom stereocenters. The van der Waals surface area contributed by atoms with Crippen LogP contribution in [0.5, 0.6) is 0 Å². The minimum atomic E-state index is 0. The van der Waals surface area contributed by atoms with Crippen LogP contribution in [0.3, 0.4) is 0 Å². The van der Waals surface area contributed by atoms with Gasteiger partial charge in [-0.05, 0) is 36.3 Å². The van der Waals surface area contributed by atoms with Crippen LogP contribution in [0, 0.1) is 5.41 Å². The van der Waals surface area contributed by atoms with E-state index in [1.165, 1.54) is 31.2 Å². The first-order valence-corrected chi connectivity index (χ1v) is 8.13. The molecule has 1 N–H and O–H groups in total. The molecule has 5 heteroatoms. The van der Waals surface area contributed by atoms with Crippen molar-refractivity contribution >= 4 is 29.9 Å². The molecule has 4 nitrogen and oxygen atoms in total. The summed E-state index contributed by atoms with van der Waals surface area (Å²) in [6, 6.07) is 2.15. The SMILES string of the molecule is CCCC1(C)CCCN(C(=NC)NCc2ccn(C)c2)C1.I. The number of aryl methyl sites for hydroxylation is 1. The summed E-state index contributed by atoms with van der Waals surface area (Å²) in [5.74, 6) is 1.04. The highest BCUT2D eigenvalue weighted by Gasteiger charge is 2.31. The van der Waals surface area contributed by atoms with Crippen molar-refractivity contribution in [3.8, 4) is 0 Å². The number of aliphatic imine (C=N–C) groups is 1. The van der Waals surface area contributed by atoms with Gasteiger partial charge in [-0.1, -0.05) is 20.3 Å². The standard InChI is InChI=1S/C17H30N4.HI/c1-5-8-17(2)9-6-10-21(14-17)16(18-3)19-12-15-7-11-20(4)13-15;/h7,11,13H,5-6,8-10,12,14H2,1-4H3,(H,18,19);1H. The van der Waals surface area contributed by atoms with E-state index in [9.17, 15) is 0 Å². The minimum Gasteiger partial charge on any atom is -0.357 e. The van der Waals surface area contributed by atoms with Crippen molar-refractivity contribution in [3.05, 3.63) is 24.0 Å². The van der Waals surface area contributed by atoms with E-state index in [-0.39, 0.29) is 24.0 Å². The first-order chi connectivity index (χ1) is 10.1. The third kappa shape index (κ3) is 5.18. The summed E-state index contributed by atoms with van der Waals surface area (Å²) >= 11 is 0. The molecule has 22 heavy (non-hydrogen) atoms. The lowest BCUT2D eigenvalue weighted by Crippen LogP contribution is -2.49. The van der Waals surface area contributed by atoms with E-state index in [0.717, 1.165) is 25.6 Å². The van der Waals surface area contributed by atoms with Crippen molar-refractivity contribution < 1.29 is 0 Å². The highest BCUT2D eigenvalue weighted by molar-refractivity contribution is 14.0. The third-order valence-corrected chi connectivity index (χ3v) is 4.49. The van der Waals surface area contributed by atoms with Crippen LogP contribution in [-0.2, 0) is 13.6 Å². The molecule has 0 spiro atoms. The van der Waals surface area contributed by atoms with Crippen LogP contribution >= 0.6 is 24.0 Å². The number of nitrogens with zero attached hydrogens (tertiary/aromatic N) is 3. The summed E-state index contributed by atoms with van der Waals surface area (Å²) in [5.41, 5.74) is 1.74. The van der Waals surface area contributed by atoms with Crippen molar-refractivity contribution in [1.82, 2.24) is 14.8 Å². The van der Waals surface area contributed by atoms with Gasteiger partial charge in [-0.2, -0.15) is 0 Å². The van der Waals surface area contributed by atoms with Gasteiger partial charge in [0.1, 0.15) is 0 Å². The lowest BCUT2D eigenvalue weighted by Gasteiger charge is -2.42. The number of guanidine groups is 1. The topological polar surface area (TPSA) is 32.6 Å². The molecule has 0 amide bonds. The normalized spacial score (nSPS) is 22.4. The smallest absolute Gasteiger partial charge is 0.193 e. The van der Waals surface area contributed by atoms with Gasteiger partial charge in [0, 0.05) is 46.1 Å². The van der Waals surface area contributed by atoms with Gasteiger partial charge in [-0.15, -0.1) is 24.0 Å². The average molecular weight is 418 g/mol. The second-order valence-electron chi connectivity index (χ2n) is 6.67. The summed E-state index contributed by atoms with van der Waals surface area (Å²) in [6.07, 6.45) is 9.41. The predicted molar refractivity (Wildman–Crippen MR) is 105 cm³/mol. The fraction of sp³-hybridized carbons (Fsp3) is 0.706. The molecule has 0 aromatic carbocycles. The Morgan fingerprint density at radius 3 is 2.82 bits per heavy atom. The van der Waals surface area contributed by atoms with E-state index in [0.29, 0.717) is 5.41 Å². The molecule has 0 radical (unpaired) electrons. The Bertz CT molecular complexity index is 479. The van der Waals surface area contributed by atoms with E-state index in [1.807, 2.05) is 7.05 Å². The van der Waals surface area contributed by atoms with Gasteiger partial charge in [0.2, 0.25) is 0 Å². The van der Waals surface area contributed by atoms with Crippen LogP contribution < -0.4 is 5.32 Å². The summed E-state index contributed by atoms with van der Waals surface area (Å²) in [7, 11) is 3.94. The molecule has 1 fully saturated rings. The van der Waals surface area contributed by atoms with Gasteiger partial charge in [0.25, 0.3) is 0 Å². The molecule has 1 atom stereocenters. The Balaban J connectivity index is 0.00000242. The Hall–Kier alpha value is -0.720. The maximum Gasteiger partial charge on any atom is 0.193 e. The van der Waals surface area contributed by atoms with E-state index in [4.69, 9.17) is 0 Å². The minimum absolute atomic E-state index is 0. The molecule has 1 aliphatic rings. The Morgan fingerprint density at radius 1 is 1.45 bits per heavy atom. The van der Waals surface area contributed by atoms with Gasteiger partial charge < -0.3 is 14.8 Å². The number of aromatic nitrogens is 1. The van der Waals surface area contributed by atoms with Gasteiger partial charge in [0.05, 0.1) is 0 Å². The zero-order chi connectivity index (χ0) is 15.3. The number of hydrogen-bond acceptors (Lipinski definition) is 1. The first kappa shape index (κ1) is 19.3. The molecule has 1 aromatic heterocycles. The molecule has 2 heterocycles. The average Bonchev–Trinajstić information content (AvgIpc) is 2.85. The molecule has 1 aliphatic heterocycles. The molecule has 1 aromatic rings. The molecule has 0 bridgehead atoms. The van der Waals surface area contributed by atoms with Gasteiger partial charge >= 0.3 is 0 Å². The number of nitrogens with one attached hydrogen (secondary N) is 1. The maximum absolute atomic E-state index is 4.48. The maximum atomic E-state index is 4.48. The third-order valence-electron chi connectivity index (χ3n) is 4.49. The molecular formula is C17H31IN4. The highest BCUT2D eigenvalue weighted by Crippen LogP contribution is 2.33. The van der Waals surface area contributed by atoms with Crippen molar-refractivity contribution in [2.24, 2.45) is 17.5 Å². The van der Waals surface area contributed by atoms with Crippen LogP contribution in [0.1, 0.15) is 45.1 Å². The van der Waals surface area contributed by atoms with Gasteiger partial charge in [-0.25, -0.2) is 0 Å². The fourth-order valence-corrected chi connectivity index (χ4v) is 3.48. The Morgan fingerprint density at radius 2 is 2.23 bits per heavy atom. The lowest BCUT2D eigenvalue weighted by molar-refractivity contribution is 0.142. The number of likely N-dealkylation sites (tertiary alicyclic amines) is 1. The fourth-order valence-electron chi connectivity index (χ4n) is 3.48. The second-order valence-corrected chi connectivity index (χ2v) is 6.67. The van der Waals surface area contributed by atoms with Crippen LogP contribution in [0.25, 0.3) is 0 Å². The summed E-state index contributed by atoms with van der Waals surface area (Å²) in [5, 5.41) is 3.51. The first-order valence-electron chi connectivity index (χ1n) is 8.13.